The van der Waals surface area contributed by atoms with E-state index in [1.54, 1.807) is 0 Å². The maximum Gasteiger partial charge on any atom is 0.225 e. The standard InChI is InChI=1S/C23H34N4O2/c1-18-9-12-26(13-10-18)22(28)19-5-7-20(8-6-19)23(29)27-16-14-25(15-17-27)21-4-2-3-11-24-21/h2-4,11,18-20H,5-10,12-17H2,1H3. The summed E-state index contributed by atoms with van der Waals surface area (Å²) in [6.07, 6.45) is 7.54. The van der Waals surface area contributed by atoms with E-state index >= 15 is 0 Å². The number of anilines is 1. The zero-order valence-corrected chi connectivity index (χ0v) is 17.6. The lowest BCUT2D eigenvalue weighted by molar-refractivity contribution is -0.142. The van der Waals surface area contributed by atoms with Gasteiger partial charge in [-0.25, -0.2) is 4.98 Å². The summed E-state index contributed by atoms with van der Waals surface area (Å²) in [5.41, 5.74) is 0. The highest BCUT2D eigenvalue weighted by atomic mass is 16.2. The minimum absolute atomic E-state index is 0.0989. The van der Waals surface area contributed by atoms with E-state index in [9.17, 15) is 9.59 Å². The smallest absolute Gasteiger partial charge is 0.225 e. The van der Waals surface area contributed by atoms with Crippen LogP contribution in [0.15, 0.2) is 24.4 Å². The van der Waals surface area contributed by atoms with Gasteiger partial charge in [0, 0.05) is 57.3 Å². The first kappa shape index (κ1) is 20.2. The summed E-state index contributed by atoms with van der Waals surface area (Å²) in [5, 5.41) is 0. The molecule has 0 unspecified atom stereocenters. The Bertz CT molecular complexity index is 686. The number of likely N-dealkylation sites (tertiary alicyclic amines) is 1. The van der Waals surface area contributed by atoms with Crippen molar-refractivity contribution in [1.82, 2.24) is 14.8 Å². The molecular formula is C23H34N4O2. The van der Waals surface area contributed by atoms with Crippen LogP contribution in [0.2, 0.25) is 0 Å². The number of nitrogens with zero attached hydrogens (tertiary/aromatic N) is 4. The molecule has 29 heavy (non-hydrogen) atoms. The molecule has 4 rings (SSSR count). The van der Waals surface area contributed by atoms with Crippen molar-refractivity contribution in [1.29, 1.82) is 0 Å². The van der Waals surface area contributed by atoms with Crippen LogP contribution >= 0.6 is 0 Å². The van der Waals surface area contributed by atoms with E-state index < -0.39 is 0 Å². The van der Waals surface area contributed by atoms with E-state index in [1.807, 2.05) is 29.3 Å². The van der Waals surface area contributed by atoms with Crippen LogP contribution in [0.4, 0.5) is 5.82 Å². The molecule has 2 aliphatic heterocycles. The predicted molar refractivity (Wildman–Crippen MR) is 113 cm³/mol. The molecular weight excluding hydrogens is 364 g/mol. The van der Waals surface area contributed by atoms with Crippen LogP contribution in [0.25, 0.3) is 0 Å². The highest BCUT2D eigenvalue weighted by Gasteiger charge is 2.35. The molecule has 0 spiro atoms. The van der Waals surface area contributed by atoms with Gasteiger partial charge in [0.15, 0.2) is 0 Å². The van der Waals surface area contributed by atoms with Crippen molar-refractivity contribution in [3.8, 4) is 0 Å². The molecule has 6 heteroatoms. The SMILES string of the molecule is CC1CCN(C(=O)C2CCC(C(=O)N3CCN(c4ccccn4)CC3)CC2)CC1. The third kappa shape index (κ3) is 4.73. The monoisotopic (exact) mass is 398 g/mol. The van der Waals surface area contributed by atoms with Gasteiger partial charge >= 0.3 is 0 Å². The molecule has 3 heterocycles. The first-order valence-electron chi connectivity index (χ1n) is 11.4. The normalized spacial score (nSPS) is 26.4. The number of aromatic nitrogens is 1. The predicted octanol–water partition coefficient (Wildman–Crippen LogP) is 2.80. The molecule has 1 aromatic rings. The van der Waals surface area contributed by atoms with Gasteiger partial charge in [0.1, 0.15) is 5.82 Å². The van der Waals surface area contributed by atoms with Crippen LogP contribution in [0, 0.1) is 17.8 Å². The molecule has 3 aliphatic rings. The van der Waals surface area contributed by atoms with E-state index in [-0.39, 0.29) is 11.8 Å². The molecule has 2 amide bonds. The summed E-state index contributed by atoms with van der Waals surface area (Å²) < 4.78 is 0. The van der Waals surface area contributed by atoms with Gasteiger partial charge in [0.2, 0.25) is 11.8 Å². The molecule has 0 bridgehead atoms. The second-order valence-electron chi connectivity index (χ2n) is 9.06. The fraction of sp³-hybridized carbons (Fsp3) is 0.696. The largest absolute Gasteiger partial charge is 0.353 e. The minimum Gasteiger partial charge on any atom is -0.353 e. The van der Waals surface area contributed by atoms with Crippen molar-refractivity contribution >= 4 is 17.6 Å². The number of amides is 2. The topological polar surface area (TPSA) is 56.8 Å². The molecule has 1 aromatic heterocycles. The number of piperazine rings is 1. The zero-order valence-electron chi connectivity index (χ0n) is 17.6. The van der Waals surface area contributed by atoms with Gasteiger partial charge in [-0.1, -0.05) is 13.0 Å². The lowest BCUT2D eigenvalue weighted by Gasteiger charge is -2.39. The second kappa shape index (κ2) is 9.14. The van der Waals surface area contributed by atoms with Crippen molar-refractivity contribution in [2.75, 3.05) is 44.2 Å². The third-order valence-electron chi connectivity index (χ3n) is 7.09. The van der Waals surface area contributed by atoms with Crippen molar-refractivity contribution in [3.05, 3.63) is 24.4 Å². The van der Waals surface area contributed by atoms with Gasteiger partial charge in [0.25, 0.3) is 0 Å². The molecule has 0 aromatic carbocycles. The van der Waals surface area contributed by atoms with Gasteiger partial charge < -0.3 is 14.7 Å². The number of pyridine rings is 1. The van der Waals surface area contributed by atoms with Crippen molar-refractivity contribution in [2.45, 2.75) is 45.4 Å². The number of rotatable bonds is 3. The Morgan fingerprint density at radius 3 is 1.86 bits per heavy atom. The van der Waals surface area contributed by atoms with Crippen LogP contribution in [0.3, 0.4) is 0 Å². The Kier molecular flexibility index (Phi) is 6.36. The highest BCUT2D eigenvalue weighted by molar-refractivity contribution is 5.81. The van der Waals surface area contributed by atoms with E-state index in [1.165, 1.54) is 0 Å². The Balaban J connectivity index is 1.23. The maximum atomic E-state index is 13.0. The van der Waals surface area contributed by atoms with Crippen molar-refractivity contribution < 1.29 is 9.59 Å². The number of piperidine rings is 1. The first-order chi connectivity index (χ1) is 14.1. The Morgan fingerprint density at radius 1 is 0.793 bits per heavy atom. The maximum absolute atomic E-state index is 13.0. The molecule has 158 valence electrons. The Labute approximate surface area is 174 Å². The van der Waals surface area contributed by atoms with Gasteiger partial charge in [-0.05, 0) is 56.6 Å². The van der Waals surface area contributed by atoms with Crippen LogP contribution in [-0.4, -0.2) is 65.9 Å². The van der Waals surface area contributed by atoms with Gasteiger partial charge in [-0.15, -0.1) is 0 Å². The van der Waals surface area contributed by atoms with Crippen LogP contribution in [0.1, 0.15) is 45.4 Å². The molecule has 2 saturated heterocycles. The minimum atomic E-state index is 0.0989. The number of hydrogen-bond donors (Lipinski definition) is 0. The molecule has 0 atom stereocenters. The van der Waals surface area contributed by atoms with Crippen LogP contribution in [0.5, 0.6) is 0 Å². The second-order valence-corrected chi connectivity index (χ2v) is 9.06. The summed E-state index contributed by atoms with van der Waals surface area (Å²) in [4.78, 5) is 36.6. The van der Waals surface area contributed by atoms with E-state index in [4.69, 9.17) is 0 Å². The van der Waals surface area contributed by atoms with Gasteiger partial charge in [0.05, 0.1) is 0 Å². The number of hydrogen-bond acceptors (Lipinski definition) is 4. The van der Waals surface area contributed by atoms with Gasteiger partial charge in [-0.3, -0.25) is 9.59 Å². The van der Waals surface area contributed by atoms with Gasteiger partial charge in [-0.2, -0.15) is 0 Å². The molecule has 0 radical (unpaired) electrons. The first-order valence-corrected chi connectivity index (χ1v) is 11.4. The number of carbonyl (C=O) groups excluding carboxylic acids is 2. The Hall–Kier alpha value is -2.11. The summed E-state index contributed by atoms with van der Waals surface area (Å²) in [6.45, 7) is 7.31. The fourth-order valence-electron chi connectivity index (χ4n) is 5.03. The summed E-state index contributed by atoms with van der Waals surface area (Å²) >= 11 is 0. The lowest BCUT2D eigenvalue weighted by atomic mass is 9.80. The molecule has 3 fully saturated rings. The quantitative estimate of drug-likeness (QED) is 0.786. The van der Waals surface area contributed by atoms with E-state index in [2.05, 4.69) is 21.7 Å². The van der Waals surface area contributed by atoms with Crippen molar-refractivity contribution in [3.63, 3.8) is 0 Å². The molecule has 0 N–H and O–H groups in total. The van der Waals surface area contributed by atoms with Crippen LogP contribution < -0.4 is 4.90 Å². The van der Waals surface area contributed by atoms with E-state index in [0.717, 1.165) is 89.5 Å². The average molecular weight is 399 g/mol. The third-order valence-corrected chi connectivity index (χ3v) is 7.09. The summed E-state index contributed by atoms with van der Waals surface area (Å²) in [6, 6.07) is 5.96. The Morgan fingerprint density at radius 2 is 1.34 bits per heavy atom. The number of carbonyl (C=O) groups is 2. The van der Waals surface area contributed by atoms with Crippen molar-refractivity contribution in [2.24, 2.45) is 17.8 Å². The molecule has 6 nitrogen and oxygen atoms in total. The molecule has 1 saturated carbocycles. The average Bonchev–Trinajstić information content (AvgIpc) is 2.79. The lowest BCUT2D eigenvalue weighted by Crippen LogP contribution is -2.51. The highest BCUT2D eigenvalue weighted by Crippen LogP contribution is 2.32. The van der Waals surface area contributed by atoms with Crippen LogP contribution in [-0.2, 0) is 9.59 Å². The van der Waals surface area contributed by atoms with E-state index in [0.29, 0.717) is 11.8 Å². The summed E-state index contributed by atoms with van der Waals surface area (Å²) in [7, 11) is 0. The fourth-order valence-corrected chi connectivity index (χ4v) is 5.03. The summed E-state index contributed by atoms with van der Waals surface area (Å²) in [5.74, 6) is 2.60. The molecule has 1 aliphatic carbocycles. The zero-order chi connectivity index (χ0) is 20.2.